The van der Waals surface area contributed by atoms with Crippen LogP contribution in [0.3, 0.4) is 0 Å². The molecular weight excluding hydrogens is 257 g/mol. The summed E-state index contributed by atoms with van der Waals surface area (Å²) in [7, 11) is 0. The topological polar surface area (TPSA) is 50.2 Å². The number of hydrogen-bond donors (Lipinski definition) is 1. The smallest absolute Gasteiger partial charge is 0.337 e. The van der Waals surface area contributed by atoms with E-state index in [4.69, 9.17) is 0 Å². The fraction of sp³-hybridized carbons (Fsp3) is 0.250. The minimum Gasteiger partial charge on any atom is -0.478 e. The molecule has 1 aromatic carbocycles. The van der Waals surface area contributed by atoms with Gasteiger partial charge in [-0.25, -0.2) is 9.18 Å². The minimum absolute atomic E-state index is 0.0151. The predicted molar refractivity (Wildman–Crippen MR) is 75.4 cm³/mol. The van der Waals surface area contributed by atoms with Gasteiger partial charge in [0.05, 0.1) is 11.3 Å². The summed E-state index contributed by atoms with van der Waals surface area (Å²) in [5.74, 6) is -1.35. The fourth-order valence-corrected chi connectivity index (χ4v) is 2.18. The van der Waals surface area contributed by atoms with Gasteiger partial charge in [-0.3, -0.25) is 4.98 Å². The van der Waals surface area contributed by atoms with Crippen LogP contribution in [-0.2, 0) is 0 Å². The average molecular weight is 273 g/mol. The summed E-state index contributed by atoms with van der Waals surface area (Å²) in [5, 5.41) is 9.32. The lowest BCUT2D eigenvalue weighted by Crippen LogP contribution is -2.08. The third-order valence-electron chi connectivity index (χ3n) is 3.16. The molecule has 1 N–H and O–H groups in total. The molecule has 0 atom stereocenters. The number of aromatic carboxylic acids is 1. The SMILES string of the molecule is Cc1nc(C(C)C)c(C(=O)O)cc1-c1cccc(F)c1. The standard InChI is InChI=1S/C16H16FNO2/c1-9(2)15-14(16(19)20)8-13(10(3)18-15)11-5-4-6-12(17)7-11/h4-9H,1-3H3,(H,19,20). The maximum absolute atomic E-state index is 13.3. The van der Waals surface area contributed by atoms with E-state index < -0.39 is 5.97 Å². The van der Waals surface area contributed by atoms with Crippen molar-refractivity contribution in [3.05, 3.63) is 53.1 Å². The van der Waals surface area contributed by atoms with E-state index in [0.717, 1.165) is 0 Å². The van der Waals surface area contributed by atoms with Crippen molar-refractivity contribution in [2.24, 2.45) is 0 Å². The largest absolute Gasteiger partial charge is 0.478 e. The lowest BCUT2D eigenvalue weighted by molar-refractivity contribution is 0.0694. The highest BCUT2D eigenvalue weighted by Gasteiger charge is 2.18. The predicted octanol–water partition coefficient (Wildman–Crippen LogP) is 4.02. The number of rotatable bonds is 3. The van der Waals surface area contributed by atoms with Gasteiger partial charge in [-0.1, -0.05) is 26.0 Å². The Morgan fingerprint density at radius 2 is 2.00 bits per heavy atom. The van der Waals surface area contributed by atoms with Crippen LogP contribution >= 0.6 is 0 Å². The lowest BCUT2D eigenvalue weighted by Gasteiger charge is -2.14. The van der Waals surface area contributed by atoms with Crippen LogP contribution in [0.1, 0.15) is 41.5 Å². The first-order chi connectivity index (χ1) is 9.40. The second kappa shape index (κ2) is 5.41. The van der Waals surface area contributed by atoms with Crippen LogP contribution in [0.5, 0.6) is 0 Å². The van der Waals surface area contributed by atoms with Crippen molar-refractivity contribution in [3.8, 4) is 11.1 Å². The van der Waals surface area contributed by atoms with E-state index in [0.29, 0.717) is 22.5 Å². The number of pyridine rings is 1. The molecular formula is C16H16FNO2. The Hall–Kier alpha value is -2.23. The Balaban J connectivity index is 2.66. The number of halogens is 1. The second-order valence-corrected chi connectivity index (χ2v) is 5.02. The Labute approximate surface area is 117 Å². The van der Waals surface area contributed by atoms with Crippen molar-refractivity contribution < 1.29 is 14.3 Å². The van der Waals surface area contributed by atoms with Gasteiger partial charge in [0.1, 0.15) is 5.82 Å². The van der Waals surface area contributed by atoms with Gasteiger partial charge in [0.25, 0.3) is 0 Å². The first kappa shape index (κ1) is 14.2. The van der Waals surface area contributed by atoms with Crippen LogP contribution in [0, 0.1) is 12.7 Å². The summed E-state index contributed by atoms with van der Waals surface area (Å²) in [6.07, 6.45) is 0. The third kappa shape index (κ3) is 2.69. The summed E-state index contributed by atoms with van der Waals surface area (Å²) >= 11 is 0. The van der Waals surface area contributed by atoms with E-state index in [2.05, 4.69) is 4.98 Å². The van der Waals surface area contributed by atoms with Gasteiger partial charge in [-0.2, -0.15) is 0 Å². The monoisotopic (exact) mass is 273 g/mol. The van der Waals surface area contributed by atoms with Crippen LogP contribution in [0.2, 0.25) is 0 Å². The van der Waals surface area contributed by atoms with E-state index >= 15 is 0 Å². The Morgan fingerprint density at radius 1 is 1.30 bits per heavy atom. The molecule has 3 nitrogen and oxygen atoms in total. The minimum atomic E-state index is -1.01. The van der Waals surface area contributed by atoms with Crippen molar-refractivity contribution in [3.63, 3.8) is 0 Å². The van der Waals surface area contributed by atoms with E-state index in [-0.39, 0.29) is 17.3 Å². The van der Waals surface area contributed by atoms with E-state index in [9.17, 15) is 14.3 Å². The van der Waals surface area contributed by atoms with Crippen LogP contribution in [0.4, 0.5) is 4.39 Å². The second-order valence-electron chi connectivity index (χ2n) is 5.02. The van der Waals surface area contributed by atoms with Gasteiger partial charge in [-0.15, -0.1) is 0 Å². The summed E-state index contributed by atoms with van der Waals surface area (Å²) in [5.41, 5.74) is 2.70. The molecule has 0 bridgehead atoms. The molecule has 0 saturated heterocycles. The van der Waals surface area contributed by atoms with E-state index in [1.54, 1.807) is 25.1 Å². The quantitative estimate of drug-likeness (QED) is 0.919. The molecule has 0 fully saturated rings. The van der Waals surface area contributed by atoms with Crippen LogP contribution in [-0.4, -0.2) is 16.1 Å². The molecule has 2 rings (SSSR count). The molecule has 0 aliphatic heterocycles. The number of aromatic nitrogens is 1. The maximum Gasteiger partial charge on any atom is 0.337 e. The molecule has 0 spiro atoms. The van der Waals surface area contributed by atoms with Crippen LogP contribution < -0.4 is 0 Å². The number of hydrogen-bond acceptors (Lipinski definition) is 2. The first-order valence-corrected chi connectivity index (χ1v) is 6.41. The van der Waals surface area contributed by atoms with Crippen molar-refractivity contribution >= 4 is 5.97 Å². The number of nitrogens with zero attached hydrogens (tertiary/aromatic N) is 1. The summed E-state index contributed by atoms with van der Waals surface area (Å²) in [4.78, 5) is 15.8. The van der Waals surface area contributed by atoms with Crippen LogP contribution in [0.15, 0.2) is 30.3 Å². The summed E-state index contributed by atoms with van der Waals surface area (Å²) < 4.78 is 13.3. The molecule has 104 valence electrons. The molecule has 0 radical (unpaired) electrons. The van der Waals surface area contributed by atoms with Gasteiger partial charge in [0, 0.05) is 11.3 Å². The van der Waals surface area contributed by atoms with Crippen molar-refractivity contribution in [1.29, 1.82) is 0 Å². The molecule has 0 amide bonds. The number of benzene rings is 1. The normalized spacial score (nSPS) is 10.8. The maximum atomic E-state index is 13.3. The fourth-order valence-electron chi connectivity index (χ4n) is 2.18. The van der Waals surface area contributed by atoms with Gasteiger partial charge in [0.15, 0.2) is 0 Å². The molecule has 0 aliphatic rings. The van der Waals surface area contributed by atoms with Gasteiger partial charge < -0.3 is 5.11 Å². The number of carbonyl (C=O) groups is 1. The zero-order chi connectivity index (χ0) is 14.9. The highest BCUT2D eigenvalue weighted by atomic mass is 19.1. The highest BCUT2D eigenvalue weighted by Crippen LogP contribution is 2.28. The van der Waals surface area contributed by atoms with E-state index in [1.165, 1.54) is 12.1 Å². The zero-order valence-electron chi connectivity index (χ0n) is 11.6. The lowest BCUT2D eigenvalue weighted by atomic mass is 9.97. The molecule has 0 saturated carbocycles. The van der Waals surface area contributed by atoms with Crippen LogP contribution in [0.25, 0.3) is 11.1 Å². The Kier molecular flexibility index (Phi) is 3.84. The summed E-state index contributed by atoms with van der Waals surface area (Å²) in [6, 6.07) is 7.65. The van der Waals surface area contributed by atoms with Gasteiger partial charge in [-0.05, 0) is 36.6 Å². The molecule has 0 unspecified atom stereocenters. The number of carboxylic acid groups (broad SMARTS) is 1. The summed E-state index contributed by atoms with van der Waals surface area (Å²) in [6.45, 7) is 5.60. The molecule has 1 heterocycles. The third-order valence-corrected chi connectivity index (χ3v) is 3.16. The highest BCUT2D eigenvalue weighted by molar-refractivity contribution is 5.91. The van der Waals surface area contributed by atoms with Gasteiger partial charge >= 0.3 is 5.97 Å². The van der Waals surface area contributed by atoms with E-state index in [1.807, 2.05) is 13.8 Å². The average Bonchev–Trinajstić information content (AvgIpc) is 2.37. The zero-order valence-corrected chi connectivity index (χ0v) is 11.6. The molecule has 0 aliphatic carbocycles. The first-order valence-electron chi connectivity index (χ1n) is 6.41. The Bertz CT molecular complexity index is 666. The Morgan fingerprint density at radius 3 is 2.55 bits per heavy atom. The van der Waals surface area contributed by atoms with Gasteiger partial charge in [0.2, 0.25) is 0 Å². The molecule has 4 heteroatoms. The van der Waals surface area contributed by atoms with Crippen molar-refractivity contribution in [1.82, 2.24) is 4.98 Å². The van der Waals surface area contributed by atoms with Crippen molar-refractivity contribution in [2.45, 2.75) is 26.7 Å². The molecule has 1 aromatic heterocycles. The molecule has 2 aromatic rings. The van der Waals surface area contributed by atoms with Crippen molar-refractivity contribution in [2.75, 3.05) is 0 Å². The number of aryl methyl sites for hydroxylation is 1. The number of carboxylic acids is 1. The molecule has 20 heavy (non-hydrogen) atoms.